The van der Waals surface area contributed by atoms with E-state index in [1.807, 2.05) is 12.1 Å². The molecule has 0 saturated carbocycles. The second-order valence-corrected chi connectivity index (χ2v) is 6.14. The Morgan fingerprint density at radius 3 is 2.80 bits per heavy atom. The van der Waals surface area contributed by atoms with Crippen LogP contribution in [0.15, 0.2) is 27.4 Å². The molecule has 1 aliphatic heterocycles. The zero-order valence-electron chi connectivity index (χ0n) is 12.0. The highest BCUT2D eigenvalue weighted by Crippen LogP contribution is 2.27. The zero-order chi connectivity index (χ0) is 14.2. The molecule has 3 rings (SSSR count). The molecule has 0 amide bonds. The largest absolute Gasteiger partial charge is 0.417 e. The summed E-state index contributed by atoms with van der Waals surface area (Å²) in [4.78, 5) is 16.4. The highest BCUT2D eigenvalue weighted by molar-refractivity contribution is 5.73. The van der Waals surface area contributed by atoms with Gasteiger partial charge in [0.2, 0.25) is 0 Å². The number of benzene rings is 1. The van der Waals surface area contributed by atoms with Crippen LogP contribution in [0.2, 0.25) is 0 Å². The van der Waals surface area contributed by atoms with E-state index in [1.54, 1.807) is 0 Å². The van der Waals surface area contributed by atoms with Crippen molar-refractivity contribution in [3.8, 4) is 0 Å². The fraction of sp³-hybridized carbons (Fsp3) is 0.533. The molecule has 5 nitrogen and oxygen atoms in total. The normalized spacial score (nSPS) is 17.7. The number of nitrogens with one attached hydrogen (secondary N) is 2. The average molecular weight is 275 g/mol. The molecule has 108 valence electrons. The minimum Gasteiger partial charge on any atom is -0.408 e. The molecule has 20 heavy (non-hydrogen) atoms. The molecule has 2 aromatic rings. The Balaban J connectivity index is 1.85. The summed E-state index contributed by atoms with van der Waals surface area (Å²) in [6.45, 7) is 9.81. The van der Waals surface area contributed by atoms with Crippen LogP contribution < -0.4 is 11.1 Å². The first-order chi connectivity index (χ1) is 9.54. The quantitative estimate of drug-likeness (QED) is 0.886. The van der Waals surface area contributed by atoms with Crippen LogP contribution in [0.25, 0.3) is 11.1 Å². The number of aromatic amines is 1. The van der Waals surface area contributed by atoms with E-state index in [0.717, 1.165) is 38.2 Å². The van der Waals surface area contributed by atoms with Gasteiger partial charge in [-0.3, -0.25) is 9.88 Å². The van der Waals surface area contributed by atoms with E-state index < -0.39 is 5.76 Å². The van der Waals surface area contributed by atoms with Gasteiger partial charge in [0.1, 0.15) is 0 Å². The maximum absolute atomic E-state index is 11.2. The van der Waals surface area contributed by atoms with E-state index in [0.29, 0.717) is 5.58 Å². The molecule has 0 atom stereocenters. The fourth-order valence-corrected chi connectivity index (χ4v) is 2.89. The predicted octanol–water partition coefficient (Wildman–Crippen LogP) is 1.30. The van der Waals surface area contributed by atoms with E-state index in [2.05, 4.69) is 35.1 Å². The van der Waals surface area contributed by atoms with Gasteiger partial charge in [-0.2, -0.15) is 0 Å². The SMILES string of the molecule is CC(C)(CN1CCNCC1)c1ccc2oc(=O)[nH]c2c1. The van der Waals surface area contributed by atoms with Crippen molar-refractivity contribution in [2.45, 2.75) is 19.3 Å². The van der Waals surface area contributed by atoms with E-state index in [4.69, 9.17) is 4.42 Å². The Hall–Kier alpha value is -1.59. The van der Waals surface area contributed by atoms with Gasteiger partial charge in [-0.1, -0.05) is 19.9 Å². The number of piperazine rings is 1. The number of rotatable bonds is 3. The lowest BCUT2D eigenvalue weighted by atomic mass is 9.84. The van der Waals surface area contributed by atoms with Crippen molar-refractivity contribution in [1.82, 2.24) is 15.2 Å². The van der Waals surface area contributed by atoms with Crippen molar-refractivity contribution in [2.75, 3.05) is 32.7 Å². The number of fused-ring (bicyclic) bond motifs is 1. The molecular weight excluding hydrogens is 254 g/mol. The fourth-order valence-electron chi connectivity index (χ4n) is 2.89. The van der Waals surface area contributed by atoms with Gasteiger partial charge < -0.3 is 9.73 Å². The second-order valence-electron chi connectivity index (χ2n) is 6.14. The van der Waals surface area contributed by atoms with E-state index >= 15 is 0 Å². The minimum atomic E-state index is -0.392. The second kappa shape index (κ2) is 5.07. The molecule has 2 N–H and O–H groups in total. The van der Waals surface area contributed by atoms with Gasteiger partial charge in [0, 0.05) is 38.1 Å². The average Bonchev–Trinajstić information content (AvgIpc) is 2.78. The summed E-state index contributed by atoms with van der Waals surface area (Å²) in [5.41, 5.74) is 2.66. The van der Waals surface area contributed by atoms with Gasteiger partial charge in [-0.25, -0.2) is 4.79 Å². The Kier molecular flexibility index (Phi) is 3.40. The highest BCUT2D eigenvalue weighted by Gasteiger charge is 2.25. The predicted molar refractivity (Wildman–Crippen MR) is 79.2 cm³/mol. The molecule has 0 unspecified atom stereocenters. The number of hydrogen-bond donors (Lipinski definition) is 2. The van der Waals surface area contributed by atoms with Gasteiger partial charge in [0.15, 0.2) is 5.58 Å². The Morgan fingerprint density at radius 1 is 1.30 bits per heavy atom. The van der Waals surface area contributed by atoms with Crippen molar-refractivity contribution in [3.05, 3.63) is 34.3 Å². The molecule has 2 heterocycles. The van der Waals surface area contributed by atoms with E-state index in [-0.39, 0.29) is 5.41 Å². The van der Waals surface area contributed by atoms with Crippen LogP contribution in [0.5, 0.6) is 0 Å². The molecule has 5 heteroatoms. The van der Waals surface area contributed by atoms with Gasteiger partial charge in [0.25, 0.3) is 0 Å². The summed E-state index contributed by atoms with van der Waals surface area (Å²) < 4.78 is 5.06. The number of aromatic nitrogens is 1. The number of oxazole rings is 1. The third-order valence-corrected chi connectivity index (χ3v) is 4.03. The summed E-state index contributed by atoms with van der Waals surface area (Å²) >= 11 is 0. The lowest BCUT2D eigenvalue weighted by Gasteiger charge is -2.35. The standard InChI is InChI=1S/C15H21N3O2/c1-15(2,10-18-7-5-16-6-8-18)11-3-4-13-12(9-11)17-14(19)20-13/h3-4,9,16H,5-8,10H2,1-2H3,(H,17,19). The molecule has 0 aliphatic carbocycles. The highest BCUT2D eigenvalue weighted by atomic mass is 16.4. The first kappa shape index (κ1) is 13.4. The van der Waals surface area contributed by atoms with Crippen LogP contribution in [-0.4, -0.2) is 42.6 Å². The molecule has 1 saturated heterocycles. The van der Waals surface area contributed by atoms with Crippen molar-refractivity contribution in [2.24, 2.45) is 0 Å². The monoisotopic (exact) mass is 275 g/mol. The van der Waals surface area contributed by atoms with Crippen molar-refractivity contribution >= 4 is 11.1 Å². The van der Waals surface area contributed by atoms with E-state index in [1.165, 1.54) is 5.56 Å². The van der Waals surface area contributed by atoms with Gasteiger partial charge >= 0.3 is 5.76 Å². The molecule has 0 radical (unpaired) electrons. The lowest BCUT2D eigenvalue weighted by molar-refractivity contribution is 0.200. The first-order valence-corrected chi connectivity index (χ1v) is 7.11. The van der Waals surface area contributed by atoms with Crippen LogP contribution in [0, 0.1) is 0 Å². The Morgan fingerprint density at radius 2 is 2.05 bits per heavy atom. The van der Waals surface area contributed by atoms with E-state index in [9.17, 15) is 4.79 Å². The Bertz CT molecular complexity index is 650. The number of H-pyrrole nitrogens is 1. The third-order valence-electron chi connectivity index (χ3n) is 4.03. The van der Waals surface area contributed by atoms with Crippen molar-refractivity contribution in [3.63, 3.8) is 0 Å². The van der Waals surface area contributed by atoms with Gasteiger partial charge in [-0.15, -0.1) is 0 Å². The van der Waals surface area contributed by atoms with Crippen LogP contribution in [-0.2, 0) is 5.41 Å². The minimum absolute atomic E-state index is 0.0414. The summed E-state index contributed by atoms with van der Waals surface area (Å²) in [5, 5.41) is 3.37. The third kappa shape index (κ3) is 2.64. The summed E-state index contributed by atoms with van der Waals surface area (Å²) in [6, 6.07) is 5.96. The molecule has 1 aliphatic rings. The smallest absolute Gasteiger partial charge is 0.408 e. The maximum atomic E-state index is 11.2. The topological polar surface area (TPSA) is 61.3 Å². The molecular formula is C15H21N3O2. The Labute approximate surface area is 118 Å². The van der Waals surface area contributed by atoms with Gasteiger partial charge in [0.05, 0.1) is 5.52 Å². The first-order valence-electron chi connectivity index (χ1n) is 7.11. The summed E-state index contributed by atoms with van der Waals surface area (Å²) in [5.74, 6) is -0.392. The number of hydrogen-bond acceptors (Lipinski definition) is 4. The molecule has 0 spiro atoms. The van der Waals surface area contributed by atoms with Gasteiger partial charge in [-0.05, 0) is 17.7 Å². The number of nitrogens with zero attached hydrogens (tertiary/aromatic N) is 1. The molecule has 1 fully saturated rings. The zero-order valence-corrected chi connectivity index (χ0v) is 12.0. The van der Waals surface area contributed by atoms with Crippen LogP contribution in [0.1, 0.15) is 19.4 Å². The van der Waals surface area contributed by atoms with Crippen LogP contribution >= 0.6 is 0 Å². The summed E-state index contributed by atoms with van der Waals surface area (Å²) in [6.07, 6.45) is 0. The van der Waals surface area contributed by atoms with Crippen molar-refractivity contribution in [1.29, 1.82) is 0 Å². The molecule has 0 bridgehead atoms. The molecule has 1 aromatic heterocycles. The lowest BCUT2D eigenvalue weighted by Crippen LogP contribution is -2.47. The van der Waals surface area contributed by atoms with Crippen molar-refractivity contribution < 1.29 is 4.42 Å². The van der Waals surface area contributed by atoms with Crippen LogP contribution in [0.3, 0.4) is 0 Å². The maximum Gasteiger partial charge on any atom is 0.417 e. The van der Waals surface area contributed by atoms with Crippen LogP contribution in [0.4, 0.5) is 0 Å². The molecule has 1 aromatic carbocycles. The summed E-state index contributed by atoms with van der Waals surface area (Å²) in [7, 11) is 0.